The van der Waals surface area contributed by atoms with Crippen LogP contribution in [0.1, 0.15) is 16.7 Å². The first-order valence-electron chi connectivity index (χ1n) is 7.29. The maximum Gasteiger partial charge on any atom is 0.237 e. The highest BCUT2D eigenvalue weighted by molar-refractivity contribution is 5.82. The fourth-order valence-electron chi connectivity index (χ4n) is 2.65. The van der Waals surface area contributed by atoms with Crippen molar-refractivity contribution in [1.29, 1.82) is 0 Å². The zero-order valence-electron chi connectivity index (χ0n) is 12.2. The van der Waals surface area contributed by atoms with E-state index in [9.17, 15) is 4.79 Å². The van der Waals surface area contributed by atoms with Crippen molar-refractivity contribution in [3.63, 3.8) is 0 Å². The van der Waals surface area contributed by atoms with E-state index in [0.717, 1.165) is 18.5 Å². The lowest BCUT2D eigenvalue weighted by Crippen LogP contribution is -2.48. The van der Waals surface area contributed by atoms with Crippen LogP contribution in [-0.4, -0.2) is 28.3 Å². The number of amides is 1. The molecule has 2 heterocycles. The van der Waals surface area contributed by atoms with Gasteiger partial charge >= 0.3 is 0 Å². The summed E-state index contributed by atoms with van der Waals surface area (Å²) in [4.78, 5) is 12.2. The van der Waals surface area contributed by atoms with Gasteiger partial charge in [0.15, 0.2) is 0 Å². The number of aryl methyl sites for hydroxylation is 1. The highest BCUT2D eigenvalue weighted by atomic mass is 16.2. The molecule has 0 spiro atoms. The average molecular weight is 284 g/mol. The third-order valence-corrected chi connectivity index (χ3v) is 3.80. The smallest absolute Gasteiger partial charge is 0.237 e. The van der Waals surface area contributed by atoms with Gasteiger partial charge in [-0.25, -0.2) is 0 Å². The second-order valence-electron chi connectivity index (χ2n) is 5.48. The minimum absolute atomic E-state index is 0.0633. The number of hydrogen-bond acceptors (Lipinski definition) is 3. The molecule has 0 bridgehead atoms. The minimum Gasteiger partial charge on any atom is -0.353 e. The quantitative estimate of drug-likeness (QED) is 0.881. The second-order valence-corrected chi connectivity index (χ2v) is 5.48. The van der Waals surface area contributed by atoms with Crippen molar-refractivity contribution < 1.29 is 4.79 Å². The van der Waals surface area contributed by atoms with E-state index in [-0.39, 0.29) is 11.9 Å². The summed E-state index contributed by atoms with van der Waals surface area (Å²) in [6.07, 6.45) is 4.55. The number of carbonyl (C=O) groups is 1. The summed E-state index contributed by atoms with van der Waals surface area (Å²) in [5, 5.41) is 10.5. The fourth-order valence-corrected chi connectivity index (χ4v) is 2.65. The van der Waals surface area contributed by atoms with Crippen LogP contribution in [0.4, 0.5) is 0 Å². The molecule has 0 radical (unpaired) electrons. The molecular formula is C16H20N4O. The number of hydrogen-bond donors (Lipinski definition) is 2. The Morgan fingerprint density at radius 1 is 1.43 bits per heavy atom. The summed E-state index contributed by atoms with van der Waals surface area (Å²) >= 11 is 0. The Labute approximate surface area is 124 Å². The van der Waals surface area contributed by atoms with Gasteiger partial charge in [0.2, 0.25) is 5.91 Å². The molecule has 0 fully saturated rings. The van der Waals surface area contributed by atoms with Crippen molar-refractivity contribution in [3.05, 3.63) is 53.3 Å². The SMILES string of the molecule is Cc1cnn(CCNC(=O)C2Cc3ccccc3CN2)c1. The monoisotopic (exact) mass is 284 g/mol. The Kier molecular flexibility index (Phi) is 4.01. The van der Waals surface area contributed by atoms with Gasteiger partial charge in [0.1, 0.15) is 0 Å². The van der Waals surface area contributed by atoms with Crippen LogP contribution in [0.3, 0.4) is 0 Å². The van der Waals surface area contributed by atoms with Crippen molar-refractivity contribution in [3.8, 4) is 0 Å². The average Bonchev–Trinajstić information content (AvgIpc) is 2.92. The van der Waals surface area contributed by atoms with Gasteiger partial charge < -0.3 is 10.6 Å². The zero-order chi connectivity index (χ0) is 14.7. The Hall–Kier alpha value is -2.14. The van der Waals surface area contributed by atoms with Crippen molar-refractivity contribution >= 4 is 5.91 Å². The van der Waals surface area contributed by atoms with E-state index in [1.807, 2.05) is 36.1 Å². The molecule has 2 aromatic rings. The molecule has 5 nitrogen and oxygen atoms in total. The summed E-state index contributed by atoms with van der Waals surface area (Å²) in [6, 6.07) is 8.13. The molecule has 21 heavy (non-hydrogen) atoms. The van der Waals surface area contributed by atoms with Crippen LogP contribution < -0.4 is 10.6 Å². The molecule has 1 aliphatic rings. The number of fused-ring (bicyclic) bond motifs is 1. The van der Waals surface area contributed by atoms with Gasteiger partial charge in [-0.3, -0.25) is 9.48 Å². The van der Waals surface area contributed by atoms with Crippen molar-refractivity contribution in [2.75, 3.05) is 6.54 Å². The summed E-state index contributed by atoms with van der Waals surface area (Å²) in [5.41, 5.74) is 3.68. The lowest BCUT2D eigenvalue weighted by atomic mass is 9.95. The molecule has 3 rings (SSSR count). The number of aromatic nitrogens is 2. The highest BCUT2D eigenvalue weighted by Crippen LogP contribution is 2.16. The van der Waals surface area contributed by atoms with Crippen LogP contribution in [0.15, 0.2) is 36.7 Å². The summed E-state index contributed by atoms with van der Waals surface area (Å²) in [6.45, 7) is 4.06. The van der Waals surface area contributed by atoms with E-state index < -0.39 is 0 Å². The van der Waals surface area contributed by atoms with Crippen LogP contribution in [0.25, 0.3) is 0 Å². The largest absolute Gasteiger partial charge is 0.353 e. The Balaban J connectivity index is 1.50. The van der Waals surface area contributed by atoms with E-state index in [4.69, 9.17) is 0 Å². The molecule has 1 aromatic carbocycles. The summed E-state index contributed by atoms with van der Waals surface area (Å²) in [7, 11) is 0. The first kappa shape index (κ1) is 13.8. The number of nitrogens with zero attached hydrogens (tertiary/aromatic N) is 2. The molecule has 1 aromatic heterocycles. The molecule has 0 saturated heterocycles. The van der Waals surface area contributed by atoms with Gasteiger partial charge in [-0.15, -0.1) is 0 Å². The molecule has 110 valence electrons. The van der Waals surface area contributed by atoms with Gasteiger partial charge in [0.05, 0.1) is 18.8 Å². The molecule has 5 heteroatoms. The Morgan fingerprint density at radius 2 is 2.24 bits per heavy atom. The highest BCUT2D eigenvalue weighted by Gasteiger charge is 2.23. The maximum absolute atomic E-state index is 12.2. The third-order valence-electron chi connectivity index (χ3n) is 3.80. The van der Waals surface area contributed by atoms with Crippen LogP contribution in [0, 0.1) is 6.92 Å². The van der Waals surface area contributed by atoms with Gasteiger partial charge in [-0.2, -0.15) is 5.10 Å². The fraction of sp³-hybridized carbons (Fsp3) is 0.375. The minimum atomic E-state index is -0.140. The van der Waals surface area contributed by atoms with Gasteiger partial charge in [-0.05, 0) is 30.0 Å². The molecule has 0 saturated carbocycles. The lowest BCUT2D eigenvalue weighted by molar-refractivity contribution is -0.123. The summed E-state index contributed by atoms with van der Waals surface area (Å²) < 4.78 is 1.85. The Morgan fingerprint density at radius 3 is 3.00 bits per heavy atom. The predicted octanol–water partition coefficient (Wildman–Crippen LogP) is 1.02. The van der Waals surface area contributed by atoms with Crippen LogP contribution >= 0.6 is 0 Å². The normalized spacial score (nSPS) is 17.3. The van der Waals surface area contributed by atoms with Gasteiger partial charge in [-0.1, -0.05) is 24.3 Å². The number of nitrogens with one attached hydrogen (secondary N) is 2. The molecule has 2 N–H and O–H groups in total. The molecule has 1 atom stereocenters. The lowest BCUT2D eigenvalue weighted by Gasteiger charge is -2.25. The van der Waals surface area contributed by atoms with Crippen LogP contribution in [0.2, 0.25) is 0 Å². The van der Waals surface area contributed by atoms with E-state index in [1.165, 1.54) is 11.1 Å². The van der Waals surface area contributed by atoms with Crippen LogP contribution in [-0.2, 0) is 24.3 Å². The molecule has 1 amide bonds. The topological polar surface area (TPSA) is 59.0 Å². The number of carbonyl (C=O) groups excluding carboxylic acids is 1. The van der Waals surface area contributed by atoms with Crippen LogP contribution in [0.5, 0.6) is 0 Å². The van der Waals surface area contributed by atoms with E-state index in [1.54, 1.807) is 0 Å². The number of rotatable bonds is 4. The van der Waals surface area contributed by atoms with E-state index >= 15 is 0 Å². The predicted molar refractivity (Wildman–Crippen MR) is 80.7 cm³/mol. The Bertz CT molecular complexity index is 635. The first-order valence-corrected chi connectivity index (χ1v) is 7.29. The maximum atomic E-state index is 12.2. The standard InChI is InChI=1S/C16H20N4O/c1-12-9-19-20(11-12)7-6-17-16(21)15-8-13-4-2-3-5-14(13)10-18-15/h2-5,9,11,15,18H,6-8,10H2,1H3,(H,17,21). The second kappa shape index (κ2) is 6.10. The summed E-state index contributed by atoms with van der Waals surface area (Å²) in [5.74, 6) is 0.0633. The number of benzene rings is 1. The zero-order valence-corrected chi connectivity index (χ0v) is 12.2. The molecular weight excluding hydrogens is 264 g/mol. The van der Waals surface area contributed by atoms with Gasteiger partial charge in [0.25, 0.3) is 0 Å². The van der Waals surface area contributed by atoms with E-state index in [2.05, 4.69) is 27.9 Å². The molecule has 1 unspecified atom stereocenters. The van der Waals surface area contributed by atoms with E-state index in [0.29, 0.717) is 13.1 Å². The molecule has 1 aliphatic heterocycles. The third kappa shape index (κ3) is 3.31. The van der Waals surface area contributed by atoms with Crippen molar-refractivity contribution in [2.45, 2.75) is 32.5 Å². The van der Waals surface area contributed by atoms with Crippen molar-refractivity contribution in [1.82, 2.24) is 20.4 Å². The first-order chi connectivity index (χ1) is 10.2. The van der Waals surface area contributed by atoms with Gasteiger partial charge in [0, 0.05) is 19.3 Å². The molecule has 0 aliphatic carbocycles. The van der Waals surface area contributed by atoms with Crippen molar-refractivity contribution in [2.24, 2.45) is 0 Å².